The molecule has 1 heterocycles. The fourth-order valence-electron chi connectivity index (χ4n) is 2.84. The number of hydrogen-bond acceptors (Lipinski definition) is 5. The van der Waals surface area contributed by atoms with E-state index in [0.717, 1.165) is 27.8 Å². The molecule has 4 aromatic rings. The second-order valence-electron chi connectivity index (χ2n) is 5.69. The summed E-state index contributed by atoms with van der Waals surface area (Å²) in [5.74, 6) is 0.981. The zero-order valence-corrected chi connectivity index (χ0v) is 14.9. The molecule has 26 heavy (non-hydrogen) atoms. The zero-order valence-electron chi connectivity index (χ0n) is 14.1. The first-order chi connectivity index (χ1) is 12.8. The fraction of sp³-hybridized carbons (Fsp3) is 0.0476. The van der Waals surface area contributed by atoms with Gasteiger partial charge in [-0.15, -0.1) is 11.3 Å². The van der Waals surface area contributed by atoms with Gasteiger partial charge in [-0.3, -0.25) is 0 Å². The minimum Gasteiger partial charge on any atom is -0.507 e. The molecule has 0 aliphatic heterocycles. The van der Waals surface area contributed by atoms with Crippen LogP contribution in [0.1, 0.15) is 5.56 Å². The van der Waals surface area contributed by atoms with E-state index in [1.54, 1.807) is 19.4 Å². The average Bonchev–Trinajstić information content (AvgIpc) is 3.16. The Morgan fingerprint density at radius 3 is 2.73 bits per heavy atom. The minimum absolute atomic E-state index is 0.203. The predicted octanol–water partition coefficient (Wildman–Crippen LogP) is 5.43. The van der Waals surface area contributed by atoms with Crippen molar-refractivity contribution in [2.45, 2.75) is 0 Å². The number of ether oxygens (including phenoxy) is 1. The predicted molar refractivity (Wildman–Crippen MR) is 107 cm³/mol. The summed E-state index contributed by atoms with van der Waals surface area (Å²) in [7, 11) is 1.65. The molecular formula is C21H16N2O2S. The van der Waals surface area contributed by atoms with Gasteiger partial charge < -0.3 is 9.84 Å². The number of aliphatic imine (C=N–C) groups is 1. The van der Waals surface area contributed by atoms with Gasteiger partial charge >= 0.3 is 0 Å². The third-order valence-electron chi connectivity index (χ3n) is 4.13. The number of para-hydroxylation sites is 1. The molecule has 1 aromatic heterocycles. The van der Waals surface area contributed by atoms with Gasteiger partial charge in [0.05, 0.1) is 12.8 Å². The quantitative estimate of drug-likeness (QED) is 0.494. The van der Waals surface area contributed by atoms with Crippen molar-refractivity contribution >= 4 is 33.5 Å². The van der Waals surface area contributed by atoms with E-state index in [0.29, 0.717) is 10.7 Å². The highest BCUT2D eigenvalue weighted by molar-refractivity contribution is 7.13. The highest BCUT2D eigenvalue weighted by atomic mass is 32.1. The van der Waals surface area contributed by atoms with Gasteiger partial charge in [-0.1, -0.05) is 42.5 Å². The van der Waals surface area contributed by atoms with Crippen molar-refractivity contribution in [3.05, 3.63) is 71.6 Å². The first-order valence-corrected chi connectivity index (χ1v) is 8.98. The largest absolute Gasteiger partial charge is 0.507 e. The highest BCUT2D eigenvalue weighted by Gasteiger charge is 2.09. The van der Waals surface area contributed by atoms with Crippen molar-refractivity contribution in [1.82, 2.24) is 4.98 Å². The Bertz CT molecular complexity index is 1100. The molecule has 1 N–H and O–H groups in total. The molecule has 0 atom stereocenters. The van der Waals surface area contributed by atoms with Crippen LogP contribution >= 0.6 is 11.3 Å². The van der Waals surface area contributed by atoms with Crippen LogP contribution < -0.4 is 4.74 Å². The molecule has 0 unspecified atom stereocenters. The van der Waals surface area contributed by atoms with E-state index < -0.39 is 0 Å². The summed E-state index contributed by atoms with van der Waals surface area (Å²) in [6.45, 7) is 0. The number of benzene rings is 3. The Hall–Kier alpha value is -3.18. The standard InChI is InChI=1S/C21H16N2O2S/c1-25-20-9-5-4-8-16(20)18-13-26-21(23-18)22-12-17-15-7-3-2-6-14(15)10-11-19(17)24/h2-13,24H,1H3/b22-12+. The van der Waals surface area contributed by atoms with Crippen LogP contribution in [0.15, 0.2) is 71.0 Å². The van der Waals surface area contributed by atoms with E-state index in [2.05, 4.69) is 9.98 Å². The van der Waals surface area contributed by atoms with Crippen LogP contribution in [0.5, 0.6) is 11.5 Å². The van der Waals surface area contributed by atoms with Gasteiger partial charge in [0, 0.05) is 22.7 Å². The van der Waals surface area contributed by atoms with E-state index in [1.165, 1.54) is 11.3 Å². The summed E-state index contributed by atoms with van der Waals surface area (Å²) in [4.78, 5) is 9.04. The maximum atomic E-state index is 10.2. The maximum Gasteiger partial charge on any atom is 0.209 e. The molecule has 4 nitrogen and oxygen atoms in total. The fourth-order valence-corrected chi connectivity index (χ4v) is 3.50. The van der Waals surface area contributed by atoms with Crippen molar-refractivity contribution in [1.29, 1.82) is 0 Å². The average molecular weight is 360 g/mol. The van der Waals surface area contributed by atoms with Gasteiger partial charge in [0.25, 0.3) is 0 Å². The normalized spacial score (nSPS) is 11.3. The molecule has 0 radical (unpaired) electrons. The molecule has 128 valence electrons. The van der Waals surface area contributed by atoms with Crippen LogP contribution in [0.3, 0.4) is 0 Å². The van der Waals surface area contributed by atoms with Crippen molar-refractivity contribution in [2.75, 3.05) is 7.11 Å². The number of fused-ring (bicyclic) bond motifs is 1. The van der Waals surface area contributed by atoms with Crippen LogP contribution in [-0.2, 0) is 0 Å². The van der Waals surface area contributed by atoms with E-state index >= 15 is 0 Å². The third kappa shape index (κ3) is 3.05. The number of methoxy groups -OCH3 is 1. The number of hydrogen-bond donors (Lipinski definition) is 1. The minimum atomic E-state index is 0.203. The second-order valence-corrected chi connectivity index (χ2v) is 6.53. The number of thiazole rings is 1. The smallest absolute Gasteiger partial charge is 0.209 e. The monoisotopic (exact) mass is 360 g/mol. The summed E-state index contributed by atoms with van der Waals surface area (Å²) in [5, 5.41) is 14.8. The molecule has 0 aliphatic rings. The number of aromatic nitrogens is 1. The lowest BCUT2D eigenvalue weighted by molar-refractivity contribution is 0.416. The van der Waals surface area contributed by atoms with E-state index in [9.17, 15) is 5.11 Å². The zero-order chi connectivity index (χ0) is 17.9. The number of nitrogens with zero attached hydrogens (tertiary/aromatic N) is 2. The van der Waals surface area contributed by atoms with Crippen molar-refractivity contribution in [3.8, 4) is 22.8 Å². The van der Waals surface area contributed by atoms with Crippen LogP contribution in [0.25, 0.3) is 22.0 Å². The van der Waals surface area contributed by atoms with Gasteiger partial charge in [0.15, 0.2) is 0 Å². The molecular weight excluding hydrogens is 344 g/mol. The van der Waals surface area contributed by atoms with Gasteiger partial charge in [-0.25, -0.2) is 9.98 Å². The van der Waals surface area contributed by atoms with Crippen LogP contribution in [0, 0.1) is 0 Å². The molecule has 3 aromatic carbocycles. The topological polar surface area (TPSA) is 54.7 Å². The van der Waals surface area contributed by atoms with Crippen molar-refractivity contribution < 1.29 is 9.84 Å². The van der Waals surface area contributed by atoms with Crippen LogP contribution in [0.2, 0.25) is 0 Å². The van der Waals surface area contributed by atoms with Gasteiger partial charge in [-0.2, -0.15) is 0 Å². The number of phenolic OH excluding ortho intramolecular Hbond substituents is 1. The van der Waals surface area contributed by atoms with Crippen molar-refractivity contribution in [3.63, 3.8) is 0 Å². The Kier molecular flexibility index (Phi) is 4.37. The Morgan fingerprint density at radius 2 is 1.85 bits per heavy atom. The molecule has 0 spiro atoms. The first kappa shape index (κ1) is 16.3. The lowest BCUT2D eigenvalue weighted by Crippen LogP contribution is -1.87. The molecule has 0 fully saturated rings. The van der Waals surface area contributed by atoms with Crippen LogP contribution in [-0.4, -0.2) is 23.4 Å². The summed E-state index contributed by atoms with van der Waals surface area (Å²) in [6, 6.07) is 19.2. The maximum absolute atomic E-state index is 10.2. The van der Waals surface area contributed by atoms with E-state index in [-0.39, 0.29) is 5.75 Å². The third-order valence-corrected chi connectivity index (χ3v) is 4.88. The molecule has 0 saturated heterocycles. The Balaban J connectivity index is 1.69. The lowest BCUT2D eigenvalue weighted by Gasteiger charge is -2.04. The number of phenols is 1. The van der Waals surface area contributed by atoms with E-state index in [4.69, 9.17) is 4.74 Å². The summed E-state index contributed by atoms with van der Waals surface area (Å²) < 4.78 is 5.40. The van der Waals surface area contributed by atoms with E-state index in [1.807, 2.05) is 60.0 Å². The first-order valence-electron chi connectivity index (χ1n) is 8.10. The molecule has 0 bridgehead atoms. The summed E-state index contributed by atoms with van der Waals surface area (Å²) in [5.41, 5.74) is 2.44. The molecule has 0 amide bonds. The highest BCUT2D eigenvalue weighted by Crippen LogP contribution is 2.33. The molecule has 0 aliphatic carbocycles. The lowest BCUT2D eigenvalue weighted by atomic mass is 10.0. The molecule has 0 saturated carbocycles. The Labute approximate surface area is 155 Å². The summed E-state index contributed by atoms with van der Waals surface area (Å²) >= 11 is 1.45. The van der Waals surface area contributed by atoms with Crippen LogP contribution in [0.4, 0.5) is 5.13 Å². The molecule has 5 heteroatoms. The number of rotatable bonds is 4. The second kappa shape index (κ2) is 6.98. The Morgan fingerprint density at radius 1 is 1.04 bits per heavy atom. The van der Waals surface area contributed by atoms with Gasteiger partial charge in [0.2, 0.25) is 5.13 Å². The van der Waals surface area contributed by atoms with Gasteiger partial charge in [-0.05, 0) is 29.0 Å². The van der Waals surface area contributed by atoms with Gasteiger partial charge in [0.1, 0.15) is 11.5 Å². The molecule has 4 rings (SSSR count). The number of aromatic hydroxyl groups is 1. The van der Waals surface area contributed by atoms with Crippen molar-refractivity contribution in [2.24, 2.45) is 4.99 Å². The summed E-state index contributed by atoms with van der Waals surface area (Å²) in [6.07, 6.45) is 1.67. The SMILES string of the molecule is COc1ccccc1-c1csc(/N=C/c2c(O)ccc3ccccc23)n1.